The molecule has 2 aromatic carbocycles. The molecule has 1 spiro atoms. The number of carbonyl (C=O) groups is 2. The minimum absolute atomic E-state index is 0.0781. The zero-order valence-electron chi connectivity index (χ0n) is 20.2. The molecular formula is C27H31N3O6. The predicted molar refractivity (Wildman–Crippen MR) is 133 cm³/mol. The lowest BCUT2D eigenvalue weighted by Gasteiger charge is -2.38. The molecule has 4 aliphatic rings. The van der Waals surface area contributed by atoms with Crippen LogP contribution in [0.3, 0.4) is 0 Å². The SMILES string of the molecule is O=C(CN1C[C@@H](C(=O)N2CCOCC2)Oc2ccccc21)Nc1ccc2c(c1)OC1(CCCCC1)O2. The molecule has 2 aromatic rings. The molecule has 1 atom stereocenters. The molecular weight excluding hydrogens is 462 g/mol. The van der Waals surface area contributed by atoms with E-state index in [9.17, 15) is 9.59 Å². The Morgan fingerprint density at radius 2 is 1.72 bits per heavy atom. The number of nitrogens with zero attached hydrogens (tertiary/aromatic N) is 2. The van der Waals surface area contributed by atoms with Crippen molar-refractivity contribution in [2.75, 3.05) is 49.6 Å². The summed E-state index contributed by atoms with van der Waals surface area (Å²) in [6.45, 7) is 2.53. The van der Waals surface area contributed by atoms with Crippen LogP contribution >= 0.6 is 0 Å². The molecule has 6 rings (SSSR count). The topological polar surface area (TPSA) is 89.6 Å². The summed E-state index contributed by atoms with van der Waals surface area (Å²) in [7, 11) is 0. The third-order valence-corrected chi connectivity index (χ3v) is 7.23. The van der Waals surface area contributed by atoms with Crippen molar-refractivity contribution >= 4 is 23.2 Å². The van der Waals surface area contributed by atoms with Crippen LogP contribution in [0.25, 0.3) is 0 Å². The molecule has 1 saturated carbocycles. The second-order valence-corrected chi connectivity index (χ2v) is 9.78. The van der Waals surface area contributed by atoms with Crippen LogP contribution in [0.4, 0.5) is 11.4 Å². The fourth-order valence-corrected chi connectivity index (χ4v) is 5.41. The van der Waals surface area contributed by atoms with Gasteiger partial charge in [-0.25, -0.2) is 0 Å². The first-order valence-electron chi connectivity index (χ1n) is 12.8. The highest BCUT2D eigenvalue weighted by atomic mass is 16.7. The number of nitrogens with one attached hydrogen (secondary N) is 1. The molecule has 0 bridgehead atoms. The second-order valence-electron chi connectivity index (χ2n) is 9.78. The van der Waals surface area contributed by atoms with Crippen LogP contribution in [0.1, 0.15) is 32.1 Å². The van der Waals surface area contributed by atoms with Crippen LogP contribution in [-0.4, -0.2) is 68.0 Å². The highest BCUT2D eigenvalue weighted by molar-refractivity contribution is 5.95. The Labute approximate surface area is 210 Å². The summed E-state index contributed by atoms with van der Waals surface area (Å²) in [5.74, 6) is 1.18. The lowest BCUT2D eigenvalue weighted by molar-refractivity contribution is -0.142. The van der Waals surface area contributed by atoms with E-state index in [1.165, 1.54) is 6.42 Å². The average Bonchev–Trinajstić information content (AvgIpc) is 3.25. The van der Waals surface area contributed by atoms with Crippen LogP contribution in [-0.2, 0) is 14.3 Å². The van der Waals surface area contributed by atoms with Crippen LogP contribution < -0.4 is 24.4 Å². The number of anilines is 2. The zero-order valence-corrected chi connectivity index (χ0v) is 20.2. The first kappa shape index (κ1) is 23.0. The van der Waals surface area contributed by atoms with Crippen molar-refractivity contribution in [3.05, 3.63) is 42.5 Å². The maximum Gasteiger partial charge on any atom is 0.265 e. The Morgan fingerprint density at radius 3 is 2.56 bits per heavy atom. The van der Waals surface area contributed by atoms with E-state index >= 15 is 0 Å². The largest absolute Gasteiger partial charge is 0.477 e. The Bertz CT molecular complexity index is 1140. The normalized spacial score (nSPS) is 22.1. The Kier molecular flexibility index (Phi) is 6.08. The van der Waals surface area contributed by atoms with E-state index < -0.39 is 11.9 Å². The molecule has 1 saturated heterocycles. The van der Waals surface area contributed by atoms with Gasteiger partial charge in [0, 0.05) is 37.7 Å². The lowest BCUT2D eigenvalue weighted by atomic mass is 9.94. The number of hydrogen-bond acceptors (Lipinski definition) is 7. The number of para-hydroxylation sites is 2. The molecule has 2 amide bonds. The summed E-state index contributed by atoms with van der Waals surface area (Å²) in [5.41, 5.74) is 1.45. The number of rotatable bonds is 4. The van der Waals surface area contributed by atoms with Gasteiger partial charge in [-0.15, -0.1) is 0 Å². The number of morpholine rings is 1. The van der Waals surface area contributed by atoms with E-state index in [0.717, 1.165) is 37.1 Å². The van der Waals surface area contributed by atoms with Crippen molar-refractivity contribution in [3.63, 3.8) is 0 Å². The number of carbonyl (C=O) groups excluding carboxylic acids is 2. The molecule has 9 heteroatoms. The third-order valence-electron chi connectivity index (χ3n) is 7.23. The van der Waals surface area contributed by atoms with Gasteiger partial charge in [-0.05, 0) is 37.1 Å². The smallest absolute Gasteiger partial charge is 0.265 e. The van der Waals surface area contributed by atoms with Crippen molar-refractivity contribution in [1.29, 1.82) is 0 Å². The van der Waals surface area contributed by atoms with Gasteiger partial charge in [0.25, 0.3) is 11.7 Å². The van der Waals surface area contributed by atoms with Gasteiger partial charge >= 0.3 is 0 Å². The van der Waals surface area contributed by atoms with Crippen LogP contribution in [0.15, 0.2) is 42.5 Å². The van der Waals surface area contributed by atoms with Crippen LogP contribution in [0.5, 0.6) is 17.2 Å². The number of fused-ring (bicyclic) bond motifs is 2. The fraction of sp³-hybridized carbons (Fsp3) is 0.481. The van der Waals surface area contributed by atoms with Gasteiger partial charge in [-0.3, -0.25) is 9.59 Å². The maximum absolute atomic E-state index is 13.1. The lowest BCUT2D eigenvalue weighted by Crippen LogP contribution is -2.53. The highest BCUT2D eigenvalue weighted by Crippen LogP contribution is 2.46. The van der Waals surface area contributed by atoms with E-state index in [2.05, 4.69) is 5.32 Å². The maximum atomic E-state index is 13.1. The number of amides is 2. The highest BCUT2D eigenvalue weighted by Gasteiger charge is 2.42. The van der Waals surface area contributed by atoms with Crippen LogP contribution in [0.2, 0.25) is 0 Å². The number of hydrogen-bond donors (Lipinski definition) is 1. The summed E-state index contributed by atoms with van der Waals surface area (Å²) in [5, 5.41) is 2.98. The first-order chi connectivity index (χ1) is 17.6. The number of benzene rings is 2. The van der Waals surface area contributed by atoms with Gasteiger partial charge in [0.05, 0.1) is 32.0 Å². The minimum Gasteiger partial charge on any atom is -0.477 e. The van der Waals surface area contributed by atoms with Crippen LogP contribution in [0, 0.1) is 0 Å². The van der Waals surface area contributed by atoms with E-state index in [0.29, 0.717) is 50.0 Å². The Morgan fingerprint density at radius 1 is 0.944 bits per heavy atom. The fourth-order valence-electron chi connectivity index (χ4n) is 5.41. The van der Waals surface area contributed by atoms with Crippen molar-refractivity contribution in [2.24, 2.45) is 0 Å². The Balaban J connectivity index is 1.13. The second kappa shape index (κ2) is 9.54. The Hall–Kier alpha value is -3.46. The summed E-state index contributed by atoms with van der Waals surface area (Å²) >= 11 is 0. The monoisotopic (exact) mass is 493 g/mol. The standard InChI is InChI=1S/C27H31N3O6/c31-25(28-19-8-9-22-23(16-19)36-27(35-22)10-4-1-5-11-27)18-30-17-24(26(32)29-12-14-33-15-13-29)34-21-7-3-2-6-20(21)30/h2-3,6-9,16,24H,1,4-5,10-15,17-18H2,(H,28,31)/t24-/m0/s1. The molecule has 3 aliphatic heterocycles. The van der Waals surface area contributed by atoms with E-state index in [-0.39, 0.29) is 18.4 Å². The molecule has 3 heterocycles. The van der Waals surface area contributed by atoms with Crippen molar-refractivity contribution in [3.8, 4) is 17.2 Å². The average molecular weight is 494 g/mol. The van der Waals surface area contributed by atoms with Gasteiger partial charge in [-0.1, -0.05) is 18.6 Å². The number of ether oxygens (including phenoxy) is 4. The molecule has 36 heavy (non-hydrogen) atoms. The molecule has 0 radical (unpaired) electrons. The molecule has 190 valence electrons. The first-order valence-corrected chi connectivity index (χ1v) is 12.8. The molecule has 9 nitrogen and oxygen atoms in total. The van der Waals surface area contributed by atoms with Crippen molar-refractivity contribution in [2.45, 2.75) is 44.0 Å². The van der Waals surface area contributed by atoms with Crippen molar-refractivity contribution < 1.29 is 28.5 Å². The van der Waals surface area contributed by atoms with Gasteiger partial charge in [0.2, 0.25) is 5.91 Å². The quantitative estimate of drug-likeness (QED) is 0.700. The zero-order chi connectivity index (χ0) is 24.5. The summed E-state index contributed by atoms with van der Waals surface area (Å²) in [6.07, 6.45) is 4.47. The summed E-state index contributed by atoms with van der Waals surface area (Å²) in [4.78, 5) is 29.9. The van der Waals surface area contributed by atoms with E-state index in [1.54, 1.807) is 4.90 Å². The molecule has 0 unspecified atom stereocenters. The van der Waals surface area contributed by atoms with Gasteiger partial charge in [-0.2, -0.15) is 0 Å². The van der Waals surface area contributed by atoms with Crippen molar-refractivity contribution in [1.82, 2.24) is 4.90 Å². The molecule has 0 aromatic heterocycles. The molecule has 1 N–H and O–H groups in total. The minimum atomic E-state index is -0.678. The summed E-state index contributed by atoms with van der Waals surface area (Å²) < 4.78 is 23.8. The van der Waals surface area contributed by atoms with Gasteiger partial charge in [0.1, 0.15) is 5.75 Å². The predicted octanol–water partition coefficient (Wildman–Crippen LogP) is 3.18. The van der Waals surface area contributed by atoms with E-state index in [1.807, 2.05) is 47.4 Å². The van der Waals surface area contributed by atoms with Gasteiger partial charge < -0.3 is 34.1 Å². The third kappa shape index (κ3) is 4.55. The van der Waals surface area contributed by atoms with Gasteiger partial charge in [0.15, 0.2) is 17.6 Å². The van der Waals surface area contributed by atoms with E-state index in [4.69, 9.17) is 18.9 Å². The molecule has 1 aliphatic carbocycles. The summed E-state index contributed by atoms with van der Waals surface area (Å²) in [6, 6.07) is 13.0. The molecule has 2 fully saturated rings.